The lowest BCUT2D eigenvalue weighted by Gasteiger charge is -2.24. The second kappa shape index (κ2) is 7.48. The minimum atomic E-state index is 0.902. The van der Waals surface area contributed by atoms with E-state index in [1.807, 2.05) is 0 Å². The first kappa shape index (κ1) is 14.3. The number of nitrogens with one attached hydrogen (secondary N) is 1. The monoisotopic (exact) mass is 270 g/mol. The van der Waals surface area contributed by atoms with Gasteiger partial charge in [-0.15, -0.1) is 0 Å². The van der Waals surface area contributed by atoms with Gasteiger partial charge < -0.3 is 10.2 Å². The molecular formula is C16H22N4. The smallest absolute Gasteiger partial charge is 0.115 e. The largest absolute Gasteiger partial charge is 0.372 e. The van der Waals surface area contributed by atoms with E-state index in [4.69, 9.17) is 0 Å². The molecule has 0 atom stereocenters. The van der Waals surface area contributed by atoms with Crippen molar-refractivity contribution >= 4 is 17.1 Å². The van der Waals surface area contributed by atoms with E-state index in [1.54, 1.807) is 12.4 Å². The summed E-state index contributed by atoms with van der Waals surface area (Å²) >= 11 is 0. The lowest BCUT2D eigenvalue weighted by atomic mass is 10.2. The van der Waals surface area contributed by atoms with Crippen molar-refractivity contribution in [2.24, 2.45) is 0 Å². The average Bonchev–Trinajstić information content (AvgIpc) is 2.49. The fourth-order valence-electron chi connectivity index (χ4n) is 2.20. The highest BCUT2D eigenvalue weighted by atomic mass is 15.1. The van der Waals surface area contributed by atoms with Gasteiger partial charge in [-0.25, -0.2) is 9.97 Å². The summed E-state index contributed by atoms with van der Waals surface area (Å²) in [4.78, 5) is 10.4. The minimum Gasteiger partial charge on any atom is -0.372 e. The predicted molar refractivity (Wildman–Crippen MR) is 84.6 cm³/mol. The van der Waals surface area contributed by atoms with Crippen LogP contribution in [0, 0.1) is 0 Å². The van der Waals surface area contributed by atoms with Crippen LogP contribution in [0.4, 0.5) is 17.1 Å². The van der Waals surface area contributed by atoms with Gasteiger partial charge in [-0.1, -0.05) is 13.8 Å². The topological polar surface area (TPSA) is 41.0 Å². The van der Waals surface area contributed by atoms with Gasteiger partial charge in [-0.3, -0.25) is 0 Å². The third-order valence-electron chi connectivity index (χ3n) is 3.07. The molecule has 2 rings (SSSR count). The van der Waals surface area contributed by atoms with Gasteiger partial charge in [0.05, 0.1) is 18.1 Å². The predicted octanol–water partition coefficient (Wildman–Crippen LogP) is 3.85. The van der Waals surface area contributed by atoms with Crippen LogP contribution in [-0.4, -0.2) is 23.1 Å². The first-order valence-electron chi connectivity index (χ1n) is 7.20. The summed E-state index contributed by atoms with van der Waals surface area (Å²) in [7, 11) is 0. The summed E-state index contributed by atoms with van der Waals surface area (Å²) < 4.78 is 0. The quantitative estimate of drug-likeness (QED) is 0.829. The standard InChI is InChI=1S/C16H22N4/c1-3-9-20(10-4-2)16-7-5-14(6-8-16)19-15-11-17-13-18-12-15/h5-8,11-13,19H,3-4,9-10H2,1-2H3. The van der Waals surface area contributed by atoms with Crippen molar-refractivity contribution in [2.75, 3.05) is 23.3 Å². The van der Waals surface area contributed by atoms with Gasteiger partial charge >= 0.3 is 0 Å². The third kappa shape index (κ3) is 3.95. The molecule has 0 spiro atoms. The van der Waals surface area contributed by atoms with Crippen LogP contribution in [0.3, 0.4) is 0 Å². The maximum Gasteiger partial charge on any atom is 0.115 e. The summed E-state index contributed by atoms with van der Waals surface area (Å²) in [5.74, 6) is 0. The molecule has 20 heavy (non-hydrogen) atoms. The Kier molecular flexibility index (Phi) is 5.35. The van der Waals surface area contributed by atoms with Crippen LogP contribution < -0.4 is 10.2 Å². The molecule has 1 aromatic heterocycles. The van der Waals surface area contributed by atoms with Crippen molar-refractivity contribution in [3.05, 3.63) is 43.0 Å². The maximum atomic E-state index is 3.99. The summed E-state index contributed by atoms with van der Waals surface area (Å²) in [6.45, 7) is 6.64. The summed E-state index contributed by atoms with van der Waals surface area (Å²) in [5.41, 5.74) is 3.24. The van der Waals surface area contributed by atoms with Gasteiger partial charge in [-0.2, -0.15) is 0 Å². The zero-order chi connectivity index (χ0) is 14.2. The lowest BCUT2D eigenvalue weighted by Crippen LogP contribution is -2.24. The number of hydrogen-bond donors (Lipinski definition) is 1. The van der Waals surface area contributed by atoms with Gasteiger partial charge in [0, 0.05) is 24.5 Å². The average molecular weight is 270 g/mol. The fraction of sp³-hybridized carbons (Fsp3) is 0.375. The zero-order valence-corrected chi connectivity index (χ0v) is 12.2. The molecule has 106 valence electrons. The highest BCUT2D eigenvalue weighted by Gasteiger charge is 2.04. The molecule has 0 radical (unpaired) electrons. The van der Waals surface area contributed by atoms with Crippen LogP contribution in [0.15, 0.2) is 43.0 Å². The lowest BCUT2D eigenvalue weighted by molar-refractivity contribution is 0.745. The number of nitrogens with zero attached hydrogens (tertiary/aromatic N) is 3. The summed E-state index contributed by atoms with van der Waals surface area (Å²) in [5, 5.41) is 3.29. The molecule has 0 aliphatic carbocycles. The minimum absolute atomic E-state index is 0.902. The van der Waals surface area contributed by atoms with E-state index in [1.165, 1.54) is 24.9 Å². The van der Waals surface area contributed by atoms with E-state index in [0.717, 1.165) is 24.5 Å². The second-order valence-electron chi connectivity index (χ2n) is 4.79. The van der Waals surface area contributed by atoms with Crippen LogP contribution >= 0.6 is 0 Å². The number of rotatable bonds is 7. The summed E-state index contributed by atoms with van der Waals surface area (Å²) in [6, 6.07) is 8.52. The number of benzene rings is 1. The molecule has 0 saturated heterocycles. The molecular weight excluding hydrogens is 248 g/mol. The molecule has 1 heterocycles. The molecule has 4 nitrogen and oxygen atoms in total. The van der Waals surface area contributed by atoms with E-state index in [-0.39, 0.29) is 0 Å². The molecule has 0 amide bonds. The molecule has 0 unspecified atom stereocenters. The molecule has 1 N–H and O–H groups in total. The molecule has 0 aliphatic rings. The molecule has 0 bridgehead atoms. The molecule has 2 aromatic rings. The number of anilines is 3. The van der Waals surface area contributed by atoms with Crippen molar-refractivity contribution in [3.63, 3.8) is 0 Å². The molecule has 1 aromatic carbocycles. The Balaban J connectivity index is 2.05. The van der Waals surface area contributed by atoms with Crippen molar-refractivity contribution in [3.8, 4) is 0 Å². The van der Waals surface area contributed by atoms with Crippen LogP contribution in [-0.2, 0) is 0 Å². The molecule has 4 heteroatoms. The second-order valence-corrected chi connectivity index (χ2v) is 4.79. The highest BCUT2D eigenvalue weighted by molar-refractivity contribution is 5.61. The van der Waals surface area contributed by atoms with Crippen LogP contribution in [0.1, 0.15) is 26.7 Å². The van der Waals surface area contributed by atoms with Crippen LogP contribution in [0.2, 0.25) is 0 Å². The van der Waals surface area contributed by atoms with Crippen molar-refractivity contribution in [1.29, 1.82) is 0 Å². The first-order chi connectivity index (χ1) is 9.83. The Morgan fingerprint density at radius 2 is 1.50 bits per heavy atom. The third-order valence-corrected chi connectivity index (χ3v) is 3.07. The van der Waals surface area contributed by atoms with Gasteiger partial charge in [-0.05, 0) is 37.1 Å². The van der Waals surface area contributed by atoms with E-state index >= 15 is 0 Å². The van der Waals surface area contributed by atoms with E-state index in [2.05, 4.69) is 58.3 Å². The SMILES string of the molecule is CCCN(CCC)c1ccc(Nc2cncnc2)cc1. The number of aromatic nitrogens is 2. The zero-order valence-electron chi connectivity index (χ0n) is 12.2. The van der Waals surface area contributed by atoms with Crippen molar-refractivity contribution in [2.45, 2.75) is 26.7 Å². The van der Waals surface area contributed by atoms with Gasteiger partial charge in [0.15, 0.2) is 0 Å². The van der Waals surface area contributed by atoms with Gasteiger partial charge in [0.2, 0.25) is 0 Å². The Labute approximate surface area is 120 Å². The van der Waals surface area contributed by atoms with Crippen LogP contribution in [0.5, 0.6) is 0 Å². The Hall–Kier alpha value is -2.10. The summed E-state index contributed by atoms with van der Waals surface area (Å²) in [6.07, 6.45) is 7.40. The fourth-order valence-corrected chi connectivity index (χ4v) is 2.20. The normalized spacial score (nSPS) is 10.3. The first-order valence-corrected chi connectivity index (χ1v) is 7.20. The van der Waals surface area contributed by atoms with E-state index in [9.17, 15) is 0 Å². The maximum absolute atomic E-state index is 3.99. The van der Waals surface area contributed by atoms with E-state index in [0.29, 0.717) is 0 Å². The van der Waals surface area contributed by atoms with Gasteiger partial charge in [0.25, 0.3) is 0 Å². The molecule has 0 saturated carbocycles. The van der Waals surface area contributed by atoms with Crippen LogP contribution in [0.25, 0.3) is 0 Å². The Morgan fingerprint density at radius 1 is 0.900 bits per heavy atom. The van der Waals surface area contributed by atoms with Gasteiger partial charge in [0.1, 0.15) is 6.33 Å². The number of hydrogen-bond acceptors (Lipinski definition) is 4. The molecule has 0 fully saturated rings. The van der Waals surface area contributed by atoms with E-state index < -0.39 is 0 Å². The van der Waals surface area contributed by atoms with Crippen molar-refractivity contribution in [1.82, 2.24) is 9.97 Å². The van der Waals surface area contributed by atoms with Crippen molar-refractivity contribution < 1.29 is 0 Å². The highest BCUT2D eigenvalue weighted by Crippen LogP contribution is 2.21. The Bertz CT molecular complexity index is 490. The molecule has 0 aliphatic heterocycles. The Morgan fingerprint density at radius 3 is 2.05 bits per heavy atom.